The van der Waals surface area contributed by atoms with E-state index >= 15 is 0 Å². The molecule has 3 aromatic heterocycles. The molecule has 6 nitrogen and oxygen atoms in total. The van der Waals surface area contributed by atoms with Gasteiger partial charge in [0.1, 0.15) is 5.82 Å². The zero-order valence-electron chi connectivity index (χ0n) is 14.8. The van der Waals surface area contributed by atoms with Crippen molar-refractivity contribution < 1.29 is 4.74 Å². The summed E-state index contributed by atoms with van der Waals surface area (Å²) in [5.74, 6) is 2.05. The van der Waals surface area contributed by atoms with Gasteiger partial charge in [-0.3, -0.25) is 9.78 Å². The Morgan fingerprint density at radius 1 is 1.23 bits per heavy atom. The molecule has 3 heterocycles. The minimum atomic E-state index is -0.158. The van der Waals surface area contributed by atoms with Crippen molar-refractivity contribution in [2.45, 2.75) is 26.2 Å². The Bertz CT molecular complexity index is 985. The molecule has 1 aliphatic carbocycles. The van der Waals surface area contributed by atoms with Gasteiger partial charge in [0.05, 0.1) is 12.2 Å². The molecule has 0 aliphatic heterocycles. The first-order valence-electron chi connectivity index (χ1n) is 8.69. The van der Waals surface area contributed by atoms with E-state index in [1.165, 1.54) is 0 Å². The van der Waals surface area contributed by atoms with Gasteiger partial charge in [0.2, 0.25) is 11.4 Å². The quantitative estimate of drug-likeness (QED) is 0.766. The summed E-state index contributed by atoms with van der Waals surface area (Å²) in [4.78, 5) is 27.6. The molecule has 26 heavy (non-hydrogen) atoms. The number of nitrogens with zero attached hydrogens (tertiary/aromatic N) is 3. The van der Waals surface area contributed by atoms with Gasteiger partial charge < -0.3 is 9.72 Å². The maximum absolute atomic E-state index is 11.7. The number of nitrogens with one attached hydrogen (secondary N) is 1. The van der Waals surface area contributed by atoms with Crippen molar-refractivity contribution in [1.82, 2.24) is 19.9 Å². The van der Waals surface area contributed by atoms with Crippen LogP contribution in [0.25, 0.3) is 11.1 Å². The van der Waals surface area contributed by atoms with Crippen molar-refractivity contribution in [3.8, 4) is 17.0 Å². The number of hydrogen-bond donors (Lipinski definition) is 1. The molecule has 0 saturated heterocycles. The predicted molar refractivity (Wildman–Crippen MR) is 98.1 cm³/mol. The van der Waals surface area contributed by atoms with Crippen LogP contribution in [0.15, 0.2) is 47.7 Å². The molecule has 2 atom stereocenters. The van der Waals surface area contributed by atoms with Gasteiger partial charge in [0.15, 0.2) is 0 Å². The Morgan fingerprint density at radius 2 is 2.12 bits per heavy atom. The number of hydrogen-bond acceptors (Lipinski definition) is 5. The number of pyridine rings is 2. The van der Waals surface area contributed by atoms with Crippen LogP contribution in [0.3, 0.4) is 0 Å². The first-order chi connectivity index (χ1) is 12.6. The fourth-order valence-electron chi connectivity index (χ4n) is 3.15. The summed E-state index contributed by atoms with van der Waals surface area (Å²) in [5, 5.41) is 0. The molecule has 1 aliphatic rings. The minimum absolute atomic E-state index is 0.158. The van der Waals surface area contributed by atoms with Gasteiger partial charge in [-0.15, -0.1) is 0 Å². The molecule has 0 spiro atoms. The predicted octanol–water partition coefficient (Wildman–Crippen LogP) is 3.03. The zero-order valence-corrected chi connectivity index (χ0v) is 14.8. The lowest BCUT2D eigenvalue weighted by atomic mass is 10.1. The van der Waals surface area contributed by atoms with Gasteiger partial charge >= 0.3 is 0 Å². The third-order valence-corrected chi connectivity index (χ3v) is 4.72. The van der Waals surface area contributed by atoms with Crippen LogP contribution >= 0.6 is 0 Å². The maximum atomic E-state index is 11.7. The van der Waals surface area contributed by atoms with Crippen LogP contribution in [0.4, 0.5) is 0 Å². The summed E-state index contributed by atoms with van der Waals surface area (Å²) < 4.78 is 6.05. The minimum Gasteiger partial charge on any atom is -0.477 e. The highest BCUT2D eigenvalue weighted by molar-refractivity contribution is 5.70. The van der Waals surface area contributed by atoms with Crippen molar-refractivity contribution >= 4 is 0 Å². The van der Waals surface area contributed by atoms with E-state index in [4.69, 9.17) is 4.74 Å². The molecule has 0 radical (unpaired) electrons. The van der Waals surface area contributed by atoms with Crippen LogP contribution in [-0.4, -0.2) is 26.5 Å². The third kappa shape index (κ3) is 3.35. The van der Waals surface area contributed by atoms with Crippen LogP contribution in [-0.2, 0) is 0 Å². The SMILES string of the molecule is Cc1ncc(-c2cc(=O)[nH]cc2C)c(OCC2C[C@H]2c2ccccn2)n1. The van der Waals surface area contributed by atoms with E-state index in [0.717, 1.165) is 28.8 Å². The molecular formula is C20H20N4O2. The molecule has 1 fully saturated rings. The molecular weight excluding hydrogens is 328 g/mol. The highest BCUT2D eigenvalue weighted by Crippen LogP contribution is 2.46. The van der Waals surface area contributed by atoms with E-state index in [2.05, 4.69) is 26.0 Å². The van der Waals surface area contributed by atoms with Gasteiger partial charge in [0.25, 0.3) is 0 Å². The molecule has 4 rings (SSSR count). The molecule has 132 valence electrons. The number of aromatic nitrogens is 4. The average Bonchev–Trinajstić information content (AvgIpc) is 3.43. The van der Waals surface area contributed by atoms with Crippen molar-refractivity contribution in [3.63, 3.8) is 0 Å². The maximum Gasteiger partial charge on any atom is 0.248 e. The Kier molecular flexibility index (Phi) is 4.24. The summed E-state index contributed by atoms with van der Waals surface area (Å²) in [6, 6.07) is 7.56. The molecule has 0 bridgehead atoms. The van der Waals surface area contributed by atoms with E-state index in [0.29, 0.717) is 30.1 Å². The lowest BCUT2D eigenvalue weighted by Gasteiger charge is -2.12. The van der Waals surface area contributed by atoms with Gasteiger partial charge in [0, 0.05) is 42.2 Å². The molecule has 1 N–H and O–H groups in total. The van der Waals surface area contributed by atoms with E-state index in [1.54, 1.807) is 18.5 Å². The number of rotatable bonds is 5. The Morgan fingerprint density at radius 3 is 2.92 bits per heavy atom. The smallest absolute Gasteiger partial charge is 0.248 e. The van der Waals surface area contributed by atoms with Crippen LogP contribution in [0, 0.1) is 19.8 Å². The largest absolute Gasteiger partial charge is 0.477 e. The lowest BCUT2D eigenvalue weighted by Crippen LogP contribution is -2.08. The molecule has 0 amide bonds. The average molecular weight is 348 g/mol. The van der Waals surface area contributed by atoms with Crippen molar-refractivity contribution in [2.24, 2.45) is 5.92 Å². The van der Waals surface area contributed by atoms with Crippen molar-refractivity contribution in [1.29, 1.82) is 0 Å². The van der Waals surface area contributed by atoms with Gasteiger partial charge in [-0.25, -0.2) is 4.98 Å². The summed E-state index contributed by atoms with van der Waals surface area (Å²) in [6.07, 6.45) is 6.31. The van der Waals surface area contributed by atoms with Crippen LogP contribution in [0.5, 0.6) is 5.88 Å². The Balaban J connectivity index is 1.55. The standard InChI is InChI=1S/C20H20N4O2/c1-12-9-23-19(25)8-15(12)17-10-22-13(2)24-20(17)26-11-14-7-16(14)18-5-3-4-6-21-18/h3-6,8-10,14,16H,7,11H2,1-2H3,(H,23,25)/t14?,16-/m1/s1. The first kappa shape index (κ1) is 16.4. The molecule has 0 aromatic carbocycles. The van der Waals surface area contributed by atoms with Gasteiger partial charge in [-0.2, -0.15) is 4.98 Å². The highest BCUT2D eigenvalue weighted by atomic mass is 16.5. The lowest BCUT2D eigenvalue weighted by molar-refractivity contribution is 0.285. The van der Waals surface area contributed by atoms with E-state index in [-0.39, 0.29) is 5.56 Å². The fourth-order valence-corrected chi connectivity index (χ4v) is 3.15. The van der Waals surface area contributed by atoms with Crippen LogP contribution in [0.2, 0.25) is 0 Å². The van der Waals surface area contributed by atoms with Gasteiger partial charge in [-0.1, -0.05) is 6.07 Å². The third-order valence-electron chi connectivity index (χ3n) is 4.72. The number of aromatic amines is 1. The van der Waals surface area contributed by atoms with Crippen molar-refractivity contribution in [3.05, 3.63) is 70.3 Å². The first-order valence-corrected chi connectivity index (χ1v) is 8.69. The van der Waals surface area contributed by atoms with E-state index in [1.807, 2.05) is 32.2 Å². The molecule has 1 unspecified atom stereocenters. The van der Waals surface area contributed by atoms with E-state index < -0.39 is 0 Å². The highest BCUT2D eigenvalue weighted by Gasteiger charge is 2.40. The second-order valence-electron chi connectivity index (χ2n) is 6.70. The summed E-state index contributed by atoms with van der Waals surface area (Å²) >= 11 is 0. The summed E-state index contributed by atoms with van der Waals surface area (Å²) in [5.41, 5.74) is 3.44. The summed E-state index contributed by atoms with van der Waals surface area (Å²) in [6.45, 7) is 4.34. The number of aryl methyl sites for hydroxylation is 2. The summed E-state index contributed by atoms with van der Waals surface area (Å²) in [7, 11) is 0. The number of ether oxygens (including phenoxy) is 1. The molecule has 1 saturated carbocycles. The normalized spacial score (nSPS) is 18.5. The number of H-pyrrole nitrogens is 1. The van der Waals surface area contributed by atoms with Gasteiger partial charge in [-0.05, 0) is 43.5 Å². The Labute approximate surface area is 151 Å². The fraction of sp³-hybridized carbons (Fsp3) is 0.300. The molecule has 6 heteroatoms. The monoisotopic (exact) mass is 348 g/mol. The molecule has 3 aromatic rings. The second-order valence-corrected chi connectivity index (χ2v) is 6.70. The van der Waals surface area contributed by atoms with Crippen LogP contribution in [0.1, 0.15) is 29.4 Å². The van der Waals surface area contributed by atoms with Crippen LogP contribution < -0.4 is 10.3 Å². The topological polar surface area (TPSA) is 80.8 Å². The zero-order chi connectivity index (χ0) is 18.1. The second kappa shape index (κ2) is 6.71. The van der Waals surface area contributed by atoms with E-state index in [9.17, 15) is 4.79 Å². The van der Waals surface area contributed by atoms with Crippen molar-refractivity contribution in [2.75, 3.05) is 6.61 Å². The Hall–Kier alpha value is -3.02.